The van der Waals surface area contributed by atoms with Crippen LogP contribution in [0.1, 0.15) is 55.3 Å². The van der Waals surface area contributed by atoms with Crippen LogP contribution in [-0.4, -0.2) is 30.5 Å². The standard InChI is InChI=1S/C25H27NO5S/c1-30-24(28)25(29)31-26-22(17-12-18-8-4-2-5-9-18)23(27)19-13-15-21(16-14-19)32-20-10-6-3-7-11-20/h3,6-7,10-11,13-16,18H,2,4-5,8-9,12,17H2,1H3/b26-22+. The van der Waals surface area contributed by atoms with E-state index in [-0.39, 0.29) is 11.5 Å². The Kier molecular flexibility index (Phi) is 9.04. The molecule has 0 unspecified atom stereocenters. The molecule has 0 spiro atoms. The average Bonchev–Trinajstić information content (AvgIpc) is 2.84. The fraction of sp³-hybridized carbons (Fsp3) is 0.360. The lowest BCUT2D eigenvalue weighted by Gasteiger charge is -2.21. The smallest absolute Gasteiger partial charge is 0.443 e. The second kappa shape index (κ2) is 12.2. The topological polar surface area (TPSA) is 82.0 Å². The van der Waals surface area contributed by atoms with Crippen molar-refractivity contribution < 1.29 is 24.0 Å². The first-order valence-corrected chi connectivity index (χ1v) is 11.6. The van der Waals surface area contributed by atoms with Crippen LogP contribution in [0.3, 0.4) is 0 Å². The number of methoxy groups -OCH3 is 1. The summed E-state index contributed by atoms with van der Waals surface area (Å²) in [5.41, 5.74) is 0.593. The Hall–Kier alpha value is -2.93. The normalized spacial score (nSPS) is 14.6. The first kappa shape index (κ1) is 23.7. The van der Waals surface area contributed by atoms with Gasteiger partial charge in [-0.15, -0.1) is 0 Å². The van der Waals surface area contributed by atoms with Crippen LogP contribution in [0.2, 0.25) is 0 Å². The number of esters is 1. The van der Waals surface area contributed by atoms with Crippen LogP contribution in [0.4, 0.5) is 0 Å². The zero-order valence-corrected chi connectivity index (χ0v) is 18.9. The highest BCUT2D eigenvalue weighted by atomic mass is 32.2. The van der Waals surface area contributed by atoms with Crippen LogP contribution in [-0.2, 0) is 19.2 Å². The van der Waals surface area contributed by atoms with Crippen LogP contribution in [0, 0.1) is 5.92 Å². The predicted molar refractivity (Wildman–Crippen MR) is 123 cm³/mol. The van der Waals surface area contributed by atoms with Gasteiger partial charge >= 0.3 is 11.9 Å². The Balaban J connectivity index is 1.70. The molecule has 0 saturated heterocycles. The van der Waals surface area contributed by atoms with Crippen molar-refractivity contribution in [3.63, 3.8) is 0 Å². The molecule has 1 fully saturated rings. The summed E-state index contributed by atoms with van der Waals surface area (Å²) in [4.78, 5) is 42.8. The van der Waals surface area contributed by atoms with Crippen LogP contribution in [0.5, 0.6) is 0 Å². The van der Waals surface area contributed by atoms with Crippen molar-refractivity contribution in [2.45, 2.75) is 54.7 Å². The van der Waals surface area contributed by atoms with E-state index in [4.69, 9.17) is 4.84 Å². The molecule has 0 N–H and O–H groups in total. The van der Waals surface area contributed by atoms with Crippen molar-refractivity contribution in [2.75, 3.05) is 7.11 Å². The molecule has 2 aromatic carbocycles. The third-order valence-electron chi connectivity index (χ3n) is 5.46. The van der Waals surface area contributed by atoms with Gasteiger partial charge in [0.1, 0.15) is 5.71 Å². The molecular weight excluding hydrogens is 426 g/mol. The summed E-state index contributed by atoms with van der Waals surface area (Å²) < 4.78 is 4.34. The predicted octanol–water partition coefficient (Wildman–Crippen LogP) is 5.45. The molecule has 1 saturated carbocycles. The number of rotatable bonds is 8. The molecule has 0 radical (unpaired) electrons. The highest BCUT2D eigenvalue weighted by Crippen LogP contribution is 2.29. The van der Waals surface area contributed by atoms with E-state index in [2.05, 4.69) is 9.89 Å². The van der Waals surface area contributed by atoms with Gasteiger partial charge in [-0.2, -0.15) is 0 Å². The summed E-state index contributed by atoms with van der Waals surface area (Å²) in [6.07, 6.45) is 7.09. The van der Waals surface area contributed by atoms with Crippen LogP contribution >= 0.6 is 11.8 Å². The summed E-state index contributed by atoms with van der Waals surface area (Å²) in [6, 6.07) is 17.2. The van der Waals surface area contributed by atoms with E-state index in [1.54, 1.807) is 23.9 Å². The van der Waals surface area contributed by atoms with Gasteiger partial charge in [-0.05, 0) is 55.2 Å². The number of carbonyl (C=O) groups excluding carboxylic acids is 3. The van der Waals surface area contributed by atoms with Gasteiger partial charge in [-0.1, -0.05) is 67.2 Å². The lowest BCUT2D eigenvalue weighted by molar-refractivity contribution is -0.165. The SMILES string of the molecule is COC(=O)C(=O)O/N=C(\CCC1CCCCC1)C(=O)c1ccc(Sc2ccccc2)cc1. The van der Waals surface area contributed by atoms with Crippen molar-refractivity contribution >= 4 is 35.2 Å². The molecule has 1 aliphatic rings. The van der Waals surface area contributed by atoms with Gasteiger partial charge in [0, 0.05) is 15.4 Å². The Labute approximate surface area is 192 Å². The maximum Gasteiger partial charge on any atom is 0.443 e. The summed E-state index contributed by atoms with van der Waals surface area (Å²) >= 11 is 1.60. The molecule has 0 aromatic heterocycles. The first-order valence-electron chi connectivity index (χ1n) is 10.8. The summed E-state index contributed by atoms with van der Waals surface area (Å²) in [5.74, 6) is -2.18. The number of carbonyl (C=O) groups is 3. The number of ketones is 1. The molecule has 1 aliphatic carbocycles. The van der Waals surface area contributed by atoms with Crippen LogP contribution in [0.25, 0.3) is 0 Å². The van der Waals surface area contributed by atoms with Gasteiger partial charge < -0.3 is 9.57 Å². The van der Waals surface area contributed by atoms with E-state index in [1.165, 1.54) is 19.3 Å². The molecule has 168 valence electrons. The molecule has 2 aromatic rings. The minimum atomic E-state index is -1.25. The van der Waals surface area contributed by atoms with E-state index < -0.39 is 11.9 Å². The second-order valence-corrected chi connectivity index (χ2v) is 8.87. The number of nitrogens with zero attached hydrogens (tertiary/aromatic N) is 1. The lowest BCUT2D eigenvalue weighted by atomic mass is 9.85. The summed E-state index contributed by atoms with van der Waals surface area (Å²) in [7, 11) is 1.08. The largest absolute Gasteiger partial charge is 0.461 e. The molecule has 0 heterocycles. The van der Waals surface area contributed by atoms with E-state index in [1.807, 2.05) is 42.5 Å². The Morgan fingerprint density at radius 3 is 2.22 bits per heavy atom. The first-order chi connectivity index (χ1) is 15.6. The van der Waals surface area contributed by atoms with E-state index in [9.17, 15) is 14.4 Å². The minimum Gasteiger partial charge on any atom is -0.461 e. The summed E-state index contributed by atoms with van der Waals surface area (Å²) in [5, 5.41) is 3.76. The molecule has 6 nitrogen and oxygen atoms in total. The number of hydrogen-bond acceptors (Lipinski definition) is 7. The van der Waals surface area contributed by atoms with Crippen LogP contribution in [0.15, 0.2) is 69.5 Å². The lowest BCUT2D eigenvalue weighted by Crippen LogP contribution is -2.21. The third kappa shape index (κ3) is 7.05. The molecule has 32 heavy (non-hydrogen) atoms. The van der Waals surface area contributed by atoms with E-state index in [0.717, 1.165) is 36.2 Å². The quantitative estimate of drug-likeness (QED) is 0.132. The zero-order valence-electron chi connectivity index (χ0n) is 18.1. The summed E-state index contributed by atoms with van der Waals surface area (Å²) in [6.45, 7) is 0. The zero-order chi connectivity index (χ0) is 22.8. The molecular formula is C25H27NO5S. The number of Topliss-reactive ketones (excluding diaryl/α,β-unsaturated/α-hetero) is 1. The number of ether oxygens (including phenoxy) is 1. The Bertz CT molecular complexity index is 950. The van der Waals surface area contributed by atoms with E-state index >= 15 is 0 Å². The number of hydrogen-bond donors (Lipinski definition) is 0. The second-order valence-electron chi connectivity index (χ2n) is 7.72. The molecule has 0 bridgehead atoms. The fourth-order valence-corrected chi connectivity index (χ4v) is 4.54. The van der Waals surface area contributed by atoms with Crippen molar-refractivity contribution in [1.82, 2.24) is 0 Å². The molecule has 0 atom stereocenters. The van der Waals surface area contributed by atoms with Crippen molar-refractivity contribution in [1.29, 1.82) is 0 Å². The highest BCUT2D eigenvalue weighted by Gasteiger charge is 2.22. The number of benzene rings is 2. The maximum absolute atomic E-state index is 13.1. The van der Waals surface area contributed by atoms with Crippen LogP contribution < -0.4 is 0 Å². The van der Waals surface area contributed by atoms with Gasteiger partial charge in [0.2, 0.25) is 5.78 Å². The van der Waals surface area contributed by atoms with Gasteiger partial charge in [-0.3, -0.25) is 4.79 Å². The monoisotopic (exact) mass is 453 g/mol. The van der Waals surface area contributed by atoms with Gasteiger partial charge in [0.25, 0.3) is 0 Å². The number of oxime groups is 1. The van der Waals surface area contributed by atoms with Crippen molar-refractivity contribution in [2.24, 2.45) is 11.1 Å². The third-order valence-corrected chi connectivity index (χ3v) is 6.48. The maximum atomic E-state index is 13.1. The van der Waals surface area contributed by atoms with E-state index in [0.29, 0.717) is 17.9 Å². The Morgan fingerprint density at radius 2 is 1.56 bits per heavy atom. The molecule has 3 rings (SSSR count). The van der Waals surface area contributed by atoms with Gasteiger partial charge in [0.05, 0.1) is 7.11 Å². The van der Waals surface area contributed by atoms with Gasteiger partial charge in [0.15, 0.2) is 0 Å². The highest BCUT2D eigenvalue weighted by molar-refractivity contribution is 7.99. The molecule has 0 amide bonds. The Morgan fingerprint density at radius 1 is 0.906 bits per heavy atom. The molecule has 7 heteroatoms. The fourth-order valence-electron chi connectivity index (χ4n) is 3.70. The van der Waals surface area contributed by atoms with Gasteiger partial charge in [-0.25, -0.2) is 9.59 Å². The molecule has 0 aliphatic heterocycles. The van der Waals surface area contributed by atoms with Crippen molar-refractivity contribution in [3.05, 3.63) is 60.2 Å². The minimum absolute atomic E-state index is 0.135. The average molecular weight is 454 g/mol. The van der Waals surface area contributed by atoms with Crippen molar-refractivity contribution in [3.8, 4) is 0 Å².